The minimum absolute atomic E-state index is 0.0627. The number of halogens is 3. The molecule has 0 aliphatic heterocycles. The molecule has 1 amide bonds. The van der Waals surface area contributed by atoms with Crippen molar-refractivity contribution >= 4 is 18.5 Å². The Bertz CT molecular complexity index is 781. The quantitative estimate of drug-likeness (QED) is 0.678. The molecule has 3 N–H and O–H groups in total. The Hall–Kier alpha value is -1.99. The van der Waals surface area contributed by atoms with Crippen LogP contribution < -0.4 is 11.1 Å². The first-order valence-electron chi connectivity index (χ1n) is 8.07. The average molecular weight is 382 g/mol. The number of rotatable bonds is 5. The lowest BCUT2D eigenvalue weighted by Gasteiger charge is -2.21. The van der Waals surface area contributed by atoms with E-state index in [1.54, 1.807) is 19.9 Å². The standard InChI is InChI=1S/C19H21F3N2OS/c1-18(2,26)14-7-8-15(16(11-14)19(20,21)22)12-3-5-13(6-4-12)17(25)24-10-9-23/h3-8,11,26H,9-10,23H2,1-2H3,(H,24,25). The third kappa shape index (κ3) is 4.80. The molecule has 26 heavy (non-hydrogen) atoms. The number of hydrogen-bond donors (Lipinski definition) is 3. The summed E-state index contributed by atoms with van der Waals surface area (Å²) in [7, 11) is 0. The molecule has 2 rings (SSSR count). The summed E-state index contributed by atoms with van der Waals surface area (Å²) in [6.45, 7) is 4.12. The molecule has 0 saturated carbocycles. The van der Waals surface area contributed by atoms with Gasteiger partial charge in [0.25, 0.3) is 5.91 Å². The normalized spacial score (nSPS) is 12.1. The molecular weight excluding hydrogens is 361 g/mol. The van der Waals surface area contributed by atoms with Crippen LogP contribution in [0, 0.1) is 0 Å². The van der Waals surface area contributed by atoms with Crippen LogP contribution in [0.4, 0.5) is 13.2 Å². The Morgan fingerprint density at radius 3 is 2.23 bits per heavy atom. The lowest BCUT2D eigenvalue weighted by Crippen LogP contribution is -2.28. The van der Waals surface area contributed by atoms with Crippen molar-refractivity contribution in [2.45, 2.75) is 24.8 Å². The molecule has 0 aliphatic carbocycles. The van der Waals surface area contributed by atoms with Crippen LogP contribution >= 0.6 is 12.6 Å². The summed E-state index contributed by atoms with van der Waals surface area (Å²) >= 11 is 4.35. The summed E-state index contributed by atoms with van der Waals surface area (Å²) in [5, 5.41) is 2.62. The first-order valence-corrected chi connectivity index (χ1v) is 8.51. The molecule has 7 heteroatoms. The fraction of sp³-hybridized carbons (Fsp3) is 0.316. The lowest BCUT2D eigenvalue weighted by molar-refractivity contribution is -0.137. The third-order valence-electron chi connectivity index (χ3n) is 3.92. The molecule has 0 aromatic heterocycles. The van der Waals surface area contributed by atoms with Crippen molar-refractivity contribution in [2.75, 3.05) is 13.1 Å². The lowest BCUT2D eigenvalue weighted by atomic mass is 9.92. The number of nitrogens with two attached hydrogens (primary N) is 1. The van der Waals surface area contributed by atoms with Crippen molar-refractivity contribution in [3.63, 3.8) is 0 Å². The van der Waals surface area contributed by atoms with Crippen LogP contribution in [0.3, 0.4) is 0 Å². The molecule has 0 radical (unpaired) electrons. The molecule has 0 fully saturated rings. The smallest absolute Gasteiger partial charge is 0.351 e. The highest BCUT2D eigenvalue weighted by atomic mass is 32.1. The largest absolute Gasteiger partial charge is 0.417 e. The maximum absolute atomic E-state index is 13.5. The molecule has 0 unspecified atom stereocenters. The van der Waals surface area contributed by atoms with Crippen LogP contribution in [-0.4, -0.2) is 19.0 Å². The monoisotopic (exact) mass is 382 g/mol. The van der Waals surface area contributed by atoms with Gasteiger partial charge in [-0.2, -0.15) is 25.8 Å². The summed E-state index contributed by atoms with van der Waals surface area (Å²) < 4.78 is 40.0. The van der Waals surface area contributed by atoms with Crippen LogP contribution in [0.1, 0.15) is 35.3 Å². The van der Waals surface area contributed by atoms with Crippen molar-refractivity contribution < 1.29 is 18.0 Å². The predicted molar refractivity (Wildman–Crippen MR) is 100 cm³/mol. The van der Waals surface area contributed by atoms with E-state index >= 15 is 0 Å². The molecular formula is C19H21F3N2OS. The van der Waals surface area contributed by atoms with Gasteiger partial charge in [0.1, 0.15) is 0 Å². The Morgan fingerprint density at radius 2 is 1.73 bits per heavy atom. The molecule has 0 bridgehead atoms. The first-order chi connectivity index (χ1) is 12.0. The molecule has 3 nitrogen and oxygen atoms in total. The molecule has 140 valence electrons. The van der Waals surface area contributed by atoms with E-state index in [0.717, 1.165) is 6.07 Å². The van der Waals surface area contributed by atoms with Crippen molar-refractivity contribution in [3.05, 3.63) is 59.2 Å². The van der Waals surface area contributed by atoms with Gasteiger partial charge in [0.05, 0.1) is 5.56 Å². The van der Waals surface area contributed by atoms with Crippen LogP contribution in [0.5, 0.6) is 0 Å². The first kappa shape index (κ1) is 20.3. The van der Waals surface area contributed by atoms with Gasteiger partial charge in [-0.3, -0.25) is 4.79 Å². The second-order valence-electron chi connectivity index (χ2n) is 6.44. The zero-order valence-corrected chi connectivity index (χ0v) is 15.4. The molecule has 2 aromatic rings. The summed E-state index contributed by atoms with van der Waals surface area (Å²) in [6, 6.07) is 10.2. The van der Waals surface area contributed by atoms with E-state index in [-0.39, 0.29) is 11.5 Å². The van der Waals surface area contributed by atoms with Crippen molar-refractivity contribution in [2.24, 2.45) is 5.73 Å². The van der Waals surface area contributed by atoms with Gasteiger partial charge < -0.3 is 11.1 Å². The number of amides is 1. The van der Waals surface area contributed by atoms with E-state index in [2.05, 4.69) is 17.9 Å². The van der Waals surface area contributed by atoms with Gasteiger partial charge in [-0.05, 0) is 48.7 Å². The zero-order chi connectivity index (χ0) is 19.5. The third-order valence-corrected chi connectivity index (χ3v) is 4.18. The fourth-order valence-corrected chi connectivity index (χ4v) is 2.64. The highest BCUT2D eigenvalue weighted by Crippen LogP contribution is 2.40. The van der Waals surface area contributed by atoms with E-state index in [0.29, 0.717) is 29.8 Å². The second kappa shape index (κ2) is 7.72. The van der Waals surface area contributed by atoms with Crippen molar-refractivity contribution in [1.29, 1.82) is 0 Å². The van der Waals surface area contributed by atoms with Gasteiger partial charge in [-0.25, -0.2) is 0 Å². The summed E-state index contributed by atoms with van der Waals surface area (Å²) in [6.07, 6.45) is -4.50. The maximum atomic E-state index is 13.5. The highest BCUT2D eigenvalue weighted by molar-refractivity contribution is 7.81. The summed E-state index contributed by atoms with van der Waals surface area (Å²) in [5.41, 5.74) is 5.90. The van der Waals surface area contributed by atoms with E-state index in [9.17, 15) is 18.0 Å². The number of hydrogen-bond acceptors (Lipinski definition) is 3. The Kier molecular flexibility index (Phi) is 6.03. The van der Waals surface area contributed by atoms with Gasteiger partial charge in [0.2, 0.25) is 0 Å². The number of carbonyl (C=O) groups excluding carboxylic acids is 1. The van der Waals surface area contributed by atoms with Crippen LogP contribution in [0.2, 0.25) is 0 Å². The average Bonchev–Trinajstić information content (AvgIpc) is 2.57. The maximum Gasteiger partial charge on any atom is 0.417 e. The van der Waals surface area contributed by atoms with Crippen LogP contribution in [0.25, 0.3) is 11.1 Å². The topological polar surface area (TPSA) is 55.1 Å². The summed E-state index contributed by atoms with van der Waals surface area (Å²) in [4.78, 5) is 11.9. The molecule has 0 heterocycles. The van der Waals surface area contributed by atoms with Crippen LogP contribution in [-0.2, 0) is 10.9 Å². The van der Waals surface area contributed by atoms with E-state index in [4.69, 9.17) is 5.73 Å². The minimum atomic E-state index is -4.50. The van der Waals surface area contributed by atoms with E-state index in [1.807, 2.05) is 0 Å². The Morgan fingerprint density at radius 1 is 1.12 bits per heavy atom. The fourth-order valence-electron chi connectivity index (χ4n) is 2.50. The van der Waals surface area contributed by atoms with Gasteiger partial charge in [0, 0.05) is 23.4 Å². The van der Waals surface area contributed by atoms with Gasteiger partial charge in [0.15, 0.2) is 0 Å². The van der Waals surface area contributed by atoms with Gasteiger partial charge in [-0.1, -0.05) is 24.3 Å². The van der Waals surface area contributed by atoms with Crippen LogP contribution in [0.15, 0.2) is 42.5 Å². The predicted octanol–water partition coefficient (Wildman–Crippen LogP) is 4.23. The number of benzene rings is 2. The molecule has 0 aliphatic rings. The number of nitrogens with one attached hydrogen (secondary N) is 1. The van der Waals surface area contributed by atoms with Gasteiger partial charge >= 0.3 is 6.18 Å². The minimum Gasteiger partial charge on any atom is -0.351 e. The molecule has 2 aromatic carbocycles. The Labute approximate surface area is 156 Å². The Balaban J connectivity index is 2.43. The van der Waals surface area contributed by atoms with Crippen molar-refractivity contribution in [1.82, 2.24) is 5.32 Å². The molecule has 0 spiro atoms. The second-order valence-corrected chi connectivity index (χ2v) is 7.56. The highest BCUT2D eigenvalue weighted by Gasteiger charge is 2.35. The molecule has 0 saturated heterocycles. The zero-order valence-electron chi connectivity index (χ0n) is 14.5. The van der Waals surface area contributed by atoms with Crippen molar-refractivity contribution in [3.8, 4) is 11.1 Å². The SMILES string of the molecule is CC(C)(S)c1ccc(-c2ccc(C(=O)NCCN)cc2)c(C(F)(F)F)c1. The van der Waals surface area contributed by atoms with E-state index < -0.39 is 16.5 Å². The number of alkyl halides is 3. The van der Waals surface area contributed by atoms with Gasteiger partial charge in [-0.15, -0.1) is 0 Å². The summed E-state index contributed by atoms with van der Waals surface area (Å²) in [5.74, 6) is -0.315. The molecule has 0 atom stereocenters. The number of thiol groups is 1. The van der Waals surface area contributed by atoms with E-state index in [1.165, 1.54) is 30.3 Å². The number of carbonyl (C=O) groups is 1.